The molecule has 2 N–H and O–H groups in total. The van der Waals surface area contributed by atoms with Gasteiger partial charge in [0, 0.05) is 18.3 Å². The molecule has 1 aliphatic rings. The topological polar surface area (TPSA) is 41.1 Å². The average molecular weight is 328 g/mol. The number of alkyl halides is 3. The van der Waals surface area contributed by atoms with Gasteiger partial charge in [0.15, 0.2) is 0 Å². The zero-order chi connectivity index (χ0) is 17.0. The van der Waals surface area contributed by atoms with E-state index in [4.69, 9.17) is 0 Å². The molecule has 128 valence electrons. The number of hydrogen-bond donors (Lipinski definition) is 2. The minimum atomic E-state index is -4.87. The predicted molar refractivity (Wildman–Crippen MR) is 83.9 cm³/mol. The lowest BCUT2D eigenvalue weighted by Gasteiger charge is -2.21. The minimum absolute atomic E-state index is 0.164. The molecular weight excluding hydrogens is 305 g/mol. The van der Waals surface area contributed by atoms with Crippen molar-refractivity contribution in [3.8, 4) is 0 Å². The Morgan fingerprint density at radius 2 is 2.04 bits per heavy atom. The highest BCUT2D eigenvalue weighted by molar-refractivity contribution is 5.94. The number of benzene rings is 1. The molecule has 0 aromatic heterocycles. The van der Waals surface area contributed by atoms with E-state index in [0.29, 0.717) is 18.5 Å². The molecule has 6 heteroatoms. The molecule has 0 heterocycles. The van der Waals surface area contributed by atoms with E-state index in [0.717, 1.165) is 17.9 Å². The Morgan fingerprint density at radius 3 is 2.65 bits per heavy atom. The van der Waals surface area contributed by atoms with E-state index in [1.165, 1.54) is 18.9 Å². The molecule has 23 heavy (non-hydrogen) atoms. The standard InChI is InChI=1S/C17H23F3N2O/c1-3-13-7-8-15(11(13)2)21-10-12-5-4-6-14(9-12)22-16(23)17(18,19)20/h4-6,9,11,13,15,21H,3,7-8,10H2,1-2H3,(H,22,23). The molecule has 3 nitrogen and oxygen atoms in total. The van der Waals surface area contributed by atoms with E-state index in [2.05, 4.69) is 19.2 Å². The van der Waals surface area contributed by atoms with Crippen LogP contribution in [0.5, 0.6) is 0 Å². The maximum absolute atomic E-state index is 12.3. The van der Waals surface area contributed by atoms with Crippen molar-refractivity contribution in [1.29, 1.82) is 0 Å². The van der Waals surface area contributed by atoms with Gasteiger partial charge >= 0.3 is 12.1 Å². The molecule has 3 atom stereocenters. The van der Waals surface area contributed by atoms with Crippen LogP contribution in [0.4, 0.5) is 18.9 Å². The summed E-state index contributed by atoms with van der Waals surface area (Å²) in [6.45, 7) is 5.04. The molecule has 1 saturated carbocycles. The third-order valence-electron chi connectivity index (χ3n) is 4.76. The van der Waals surface area contributed by atoms with Crippen molar-refractivity contribution in [2.45, 2.75) is 51.9 Å². The van der Waals surface area contributed by atoms with Crippen LogP contribution < -0.4 is 10.6 Å². The predicted octanol–water partition coefficient (Wildman–Crippen LogP) is 4.10. The Bertz CT molecular complexity index is 545. The molecule has 0 aliphatic heterocycles. The fourth-order valence-corrected chi connectivity index (χ4v) is 3.32. The van der Waals surface area contributed by atoms with Crippen molar-refractivity contribution in [3.63, 3.8) is 0 Å². The van der Waals surface area contributed by atoms with Crippen LogP contribution in [-0.4, -0.2) is 18.1 Å². The Morgan fingerprint density at radius 1 is 1.30 bits per heavy atom. The van der Waals surface area contributed by atoms with E-state index >= 15 is 0 Å². The highest BCUT2D eigenvalue weighted by Gasteiger charge is 2.38. The quantitative estimate of drug-likeness (QED) is 0.854. The second-order valence-corrected chi connectivity index (χ2v) is 6.24. The summed E-state index contributed by atoms with van der Waals surface area (Å²) in [6.07, 6.45) is -1.35. The van der Waals surface area contributed by atoms with E-state index < -0.39 is 12.1 Å². The summed E-state index contributed by atoms with van der Waals surface area (Å²) in [5.41, 5.74) is 1.02. The highest BCUT2D eigenvalue weighted by Crippen LogP contribution is 2.34. The summed E-state index contributed by atoms with van der Waals surface area (Å²) < 4.78 is 36.8. The van der Waals surface area contributed by atoms with Crippen molar-refractivity contribution >= 4 is 11.6 Å². The van der Waals surface area contributed by atoms with Crippen molar-refractivity contribution in [2.24, 2.45) is 11.8 Å². The van der Waals surface area contributed by atoms with Crippen LogP contribution in [0.1, 0.15) is 38.7 Å². The first-order valence-electron chi connectivity index (χ1n) is 8.01. The second-order valence-electron chi connectivity index (χ2n) is 6.24. The molecule has 1 aromatic carbocycles. The van der Waals surface area contributed by atoms with Crippen LogP contribution in [0, 0.1) is 11.8 Å². The van der Waals surface area contributed by atoms with Gasteiger partial charge in [-0.1, -0.05) is 32.4 Å². The molecule has 0 bridgehead atoms. The number of nitrogens with one attached hydrogen (secondary N) is 2. The number of rotatable bonds is 5. The maximum Gasteiger partial charge on any atom is 0.471 e. The van der Waals surface area contributed by atoms with E-state index in [1.54, 1.807) is 12.1 Å². The van der Waals surface area contributed by atoms with Crippen molar-refractivity contribution in [3.05, 3.63) is 29.8 Å². The van der Waals surface area contributed by atoms with Gasteiger partial charge in [0.25, 0.3) is 0 Å². The first-order valence-corrected chi connectivity index (χ1v) is 8.01. The van der Waals surface area contributed by atoms with Gasteiger partial charge in [-0.05, 0) is 42.4 Å². The van der Waals surface area contributed by atoms with Crippen LogP contribution in [0.2, 0.25) is 0 Å². The molecule has 1 aromatic rings. The Balaban J connectivity index is 1.92. The highest BCUT2D eigenvalue weighted by atomic mass is 19.4. The van der Waals surface area contributed by atoms with Crippen molar-refractivity contribution in [1.82, 2.24) is 5.32 Å². The number of amides is 1. The molecule has 2 rings (SSSR count). The largest absolute Gasteiger partial charge is 0.471 e. The number of carbonyl (C=O) groups is 1. The van der Waals surface area contributed by atoms with E-state index in [9.17, 15) is 18.0 Å². The smallest absolute Gasteiger partial charge is 0.318 e. The zero-order valence-electron chi connectivity index (χ0n) is 13.4. The minimum Gasteiger partial charge on any atom is -0.318 e. The summed E-state index contributed by atoms with van der Waals surface area (Å²) in [7, 11) is 0. The number of anilines is 1. The van der Waals surface area contributed by atoms with Crippen LogP contribution in [0.15, 0.2) is 24.3 Å². The normalized spacial score (nSPS) is 24.7. The van der Waals surface area contributed by atoms with Crippen LogP contribution in [0.3, 0.4) is 0 Å². The van der Waals surface area contributed by atoms with Gasteiger partial charge in [-0.2, -0.15) is 13.2 Å². The SMILES string of the molecule is CCC1CCC(NCc2cccc(NC(=O)C(F)(F)F)c2)C1C. The molecule has 1 aliphatic carbocycles. The van der Waals surface area contributed by atoms with Gasteiger partial charge in [0.05, 0.1) is 0 Å². The molecule has 3 unspecified atom stereocenters. The van der Waals surface area contributed by atoms with Gasteiger partial charge in [-0.25, -0.2) is 0 Å². The molecular formula is C17H23F3N2O. The first-order chi connectivity index (χ1) is 10.8. The van der Waals surface area contributed by atoms with E-state index in [1.807, 2.05) is 11.4 Å². The van der Waals surface area contributed by atoms with Crippen LogP contribution in [-0.2, 0) is 11.3 Å². The van der Waals surface area contributed by atoms with Crippen LogP contribution in [0.25, 0.3) is 0 Å². The fourth-order valence-electron chi connectivity index (χ4n) is 3.32. The summed E-state index contributed by atoms with van der Waals surface area (Å²) in [5, 5.41) is 5.37. The summed E-state index contributed by atoms with van der Waals surface area (Å²) >= 11 is 0. The lowest BCUT2D eigenvalue weighted by molar-refractivity contribution is -0.167. The molecule has 0 radical (unpaired) electrons. The zero-order valence-corrected chi connectivity index (χ0v) is 13.4. The maximum atomic E-state index is 12.3. The molecule has 0 saturated heterocycles. The monoisotopic (exact) mass is 328 g/mol. The van der Waals surface area contributed by atoms with E-state index in [-0.39, 0.29) is 5.69 Å². The van der Waals surface area contributed by atoms with Gasteiger partial charge in [-0.3, -0.25) is 4.79 Å². The van der Waals surface area contributed by atoms with Gasteiger partial charge < -0.3 is 10.6 Å². The fraction of sp³-hybridized carbons (Fsp3) is 0.588. The summed E-state index contributed by atoms with van der Waals surface area (Å²) in [4.78, 5) is 11.0. The third kappa shape index (κ3) is 4.70. The Kier molecular flexibility index (Phi) is 5.68. The lowest BCUT2D eigenvalue weighted by atomic mass is 9.93. The number of hydrogen-bond acceptors (Lipinski definition) is 2. The van der Waals surface area contributed by atoms with Crippen molar-refractivity contribution < 1.29 is 18.0 Å². The second kappa shape index (κ2) is 7.34. The first kappa shape index (κ1) is 17.8. The molecule has 0 spiro atoms. The van der Waals surface area contributed by atoms with Crippen LogP contribution >= 0.6 is 0 Å². The summed E-state index contributed by atoms with van der Waals surface area (Å²) in [5.74, 6) is -0.601. The number of halogens is 3. The lowest BCUT2D eigenvalue weighted by Crippen LogP contribution is -2.32. The van der Waals surface area contributed by atoms with Gasteiger partial charge in [0.1, 0.15) is 0 Å². The Labute approximate surface area is 134 Å². The van der Waals surface area contributed by atoms with Gasteiger partial charge in [-0.15, -0.1) is 0 Å². The van der Waals surface area contributed by atoms with Gasteiger partial charge in [0.2, 0.25) is 0 Å². The third-order valence-corrected chi connectivity index (χ3v) is 4.76. The molecule has 1 amide bonds. The molecule has 1 fully saturated rings. The average Bonchev–Trinajstić information content (AvgIpc) is 2.85. The summed E-state index contributed by atoms with van der Waals surface area (Å²) in [6, 6.07) is 6.96. The van der Waals surface area contributed by atoms with Crippen molar-refractivity contribution in [2.75, 3.05) is 5.32 Å². The Hall–Kier alpha value is -1.56. The number of carbonyl (C=O) groups excluding carboxylic acids is 1.